The van der Waals surface area contributed by atoms with Crippen molar-refractivity contribution < 1.29 is 18.7 Å². The molecule has 34 heavy (non-hydrogen) atoms. The summed E-state index contributed by atoms with van der Waals surface area (Å²) in [6.07, 6.45) is 2.26. The fourth-order valence-corrected chi connectivity index (χ4v) is 2.62. The maximum absolute atomic E-state index is 13.0. The Labute approximate surface area is 199 Å². The number of anilines is 3. The minimum absolute atomic E-state index is 0.0816. The minimum atomic E-state index is -0.613. The third-order valence-electron chi connectivity index (χ3n) is 4.24. The monoisotopic (exact) mass is 470 g/mol. The first-order valence-corrected chi connectivity index (χ1v) is 10.8. The normalized spacial score (nSPS) is 10.5. The number of halogens is 1. The highest BCUT2D eigenvalue weighted by Crippen LogP contribution is 2.17. The molecule has 1 aromatic carbocycles. The van der Waals surface area contributed by atoms with Gasteiger partial charge in [-0.05, 0) is 51.5 Å². The molecular weight excluding hydrogens is 439 g/mol. The smallest absolute Gasteiger partial charge is 0.410 e. The Bertz CT molecular complexity index is 1040. The molecule has 0 saturated carbocycles. The highest BCUT2D eigenvalue weighted by Gasteiger charge is 2.20. The lowest BCUT2D eigenvalue weighted by atomic mass is 10.2. The maximum atomic E-state index is 13.0. The summed E-state index contributed by atoms with van der Waals surface area (Å²) in [4.78, 5) is 33.8. The Balaban J connectivity index is 1.78. The first kappa shape index (κ1) is 26.4. The Kier molecular flexibility index (Phi) is 9.62. The van der Waals surface area contributed by atoms with Gasteiger partial charge in [-0.15, -0.1) is 0 Å². The molecular formula is C24H31FN6O3. The summed E-state index contributed by atoms with van der Waals surface area (Å²) in [5, 5.41) is 8.76. The predicted molar refractivity (Wildman–Crippen MR) is 129 cm³/mol. The van der Waals surface area contributed by atoms with Crippen LogP contribution >= 0.6 is 0 Å². The van der Waals surface area contributed by atoms with Crippen molar-refractivity contribution in [3.05, 3.63) is 41.8 Å². The molecule has 0 spiro atoms. The fraction of sp³-hybridized carbons (Fsp3) is 0.417. The number of likely N-dealkylation sites (N-methyl/N-ethyl adjacent to an activating group) is 1. The highest BCUT2D eigenvalue weighted by atomic mass is 19.1. The molecule has 2 amide bonds. The molecule has 10 heteroatoms. The molecule has 1 aromatic heterocycles. The van der Waals surface area contributed by atoms with Crippen molar-refractivity contribution in [1.82, 2.24) is 20.2 Å². The summed E-state index contributed by atoms with van der Waals surface area (Å²) in [6.45, 7) is 5.66. The molecule has 0 radical (unpaired) electrons. The number of nitrogens with zero attached hydrogens (tertiary/aromatic N) is 3. The molecule has 9 nitrogen and oxygen atoms in total. The van der Waals surface area contributed by atoms with Crippen LogP contribution in [0.1, 0.15) is 39.2 Å². The molecule has 1 heterocycles. The van der Waals surface area contributed by atoms with Crippen molar-refractivity contribution in [2.24, 2.45) is 0 Å². The second-order valence-corrected chi connectivity index (χ2v) is 8.43. The molecule has 0 bridgehead atoms. The van der Waals surface area contributed by atoms with E-state index in [0.717, 1.165) is 0 Å². The van der Waals surface area contributed by atoms with Gasteiger partial charge in [-0.1, -0.05) is 11.8 Å². The third kappa shape index (κ3) is 9.32. The van der Waals surface area contributed by atoms with Gasteiger partial charge in [0, 0.05) is 32.7 Å². The lowest BCUT2D eigenvalue weighted by molar-refractivity contribution is -0.122. The van der Waals surface area contributed by atoms with Gasteiger partial charge in [-0.2, -0.15) is 4.98 Å². The highest BCUT2D eigenvalue weighted by molar-refractivity contribution is 5.82. The number of hydrogen-bond donors (Lipinski definition) is 3. The van der Waals surface area contributed by atoms with Gasteiger partial charge in [0.25, 0.3) is 0 Å². The van der Waals surface area contributed by atoms with Gasteiger partial charge in [0.15, 0.2) is 0 Å². The molecule has 0 atom stereocenters. The van der Waals surface area contributed by atoms with Crippen molar-refractivity contribution in [3.8, 4) is 11.8 Å². The molecule has 0 fully saturated rings. The van der Waals surface area contributed by atoms with Crippen LogP contribution in [0.15, 0.2) is 30.5 Å². The topological polar surface area (TPSA) is 108 Å². The van der Waals surface area contributed by atoms with E-state index in [4.69, 9.17) is 4.74 Å². The van der Waals surface area contributed by atoms with Crippen LogP contribution < -0.4 is 16.0 Å². The van der Waals surface area contributed by atoms with Gasteiger partial charge in [-0.25, -0.2) is 14.2 Å². The van der Waals surface area contributed by atoms with Crippen LogP contribution in [0.2, 0.25) is 0 Å². The summed E-state index contributed by atoms with van der Waals surface area (Å²) >= 11 is 0. The van der Waals surface area contributed by atoms with E-state index < -0.39 is 11.7 Å². The van der Waals surface area contributed by atoms with Crippen molar-refractivity contribution in [2.75, 3.05) is 37.8 Å². The standard InChI is InChI=1S/C24H31FN6O3/c1-24(2,3)34-23(33)31(5)16-20(32)27-14-8-6-7-9-17-15-28-22(30-21(17)26-4)29-19-12-10-18(25)11-13-19/h10-13,15H,6,8,14,16H2,1-5H3,(H,27,32)(H2,26,28,29,30). The Morgan fingerprint density at radius 1 is 1.21 bits per heavy atom. The van der Waals surface area contributed by atoms with Gasteiger partial charge >= 0.3 is 6.09 Å². The average molecular weight is 471 g/mol. The molecule has 0 saturated heterocycles. The number of rotatable bonds is 8. The zero-order chi connectivity index (χ0) is 25.1. The summed E-state index contributed by atoms with van der Waals surface area (Å²) in [7, 11) is 3.25. The number of nitrogens with one attached hydrogen (secondary N) is 3. The van der Waals surface area contributed by atoms with E-state index in [1.54, 1.807) is 46.1 Å². The number of carbonyl (C=O) groups excluding carboxylic acids is 2. The number of aromatic nitrogens is 2. The zero-order valence-electron chi connectivity index (χ0n) is 20.2. The van der Waals surface area contributed by atoms with Gasteiger partial charge in [-0.3, -0.25) is 4.79 Å². The average Bonchev–Trinajstić information content (AvgIpc) is 2.77. The Morgan fingerprint density at radius 3 is 2.56 bits per heavy atom. The zero-order valence-corrected chi connectivity index (χ0v) is 20.2. The quantitative estimate of drug-likeness (QED) is 0.400. The van der Waals surface area contributed by atoms with Gasteiger partial charge in [0.2, 0.25) is 11.9 Å². The van der Waals surface area contributed by atoms with E-state index in [0.29, 0.717) is 42.4 Å². The summed E-state index contributed by atoms with van der Waals surface area (Å²) in [6, 6.07) is 5.89. The summed E-state index contributed by atoms with van der Waals surface area (Å²) < 4.78 is 18.3. The second kappa shape index (κ2) is 12.4. The van der Waals surface area contributed by atoms with Gasteiger partial charge < -0.3 is 25.6 Å². The molecule has 2 aromatic rings. The van der Waals surface area contributed by atoms with E-state index in [2.05, 4.69) is 37.8 Å². The van der Waals surface area contributed by atoms with Crippen LogP contribution in [0.5, 0.6) is 0 Å². The molecule has 0 aliphatic rings. The fourth-order valence-electron chi connectivity index (χ4n) is 2.62. The molecule has 0 unspecified atom stereocenters. The molecule has 0 aliphatic heterocycles. The lowest BCUT2D eigenvalue weighted by Gasteiger charge is -2.24. The number of unbranched alkanes of at least 4 members (excludes halogenated alkanes) is 1. The van der Waals surface area contributed by atoms with Crippen LogP contribution in [0.3, 0.4) is 0 Å². The van der Waals surface area contributed by atoms with Crippen molar-refractivity contribution >= 4 is 29.5 Å². The SMILES string of the molecule is CNc1nc(Nc2ccc(F)cc2)ncc1C#CCCCNC(=O)CN(C)C(=O)OC(C)(C)C. The Morgan fingerprint density at radius 2 is 1.91 bits per heavy atom. The van der Waals surface area contributed by atoms with E-state index >= 15 is 0 Å². The number of carbonyl (C=O) groups is 2. The second-order valence-electron chi connectivity index (χ2n) is 8.43. The maximum Gasteiger partial charge on any atom is 0.410 e. The molecule has 3 N–H and O–H groups in total. The largest absolute Gasteiger partial charge is 0.444 e. The predicted octanol–water partition coefficient (Wildman–Crippen LogP) is 3.52. The number of benzene rings is 1. The van der Waals surface area contributed by atoms with Crippen LogP contribution in [0.4, 0.5) is 26.6 Å². The van der Waals surface area contributed by atoms with E-state index in [9.17, 15) is 14.0 Å². The first-order chi connectivity index (χ1) is 16.1. The van der Waals surface area contributed by atoms with Gasteiger partial charge in [0.1, 0.15) is 23.8 Å². The van der Waals surface area contributed by atoms with Crippen molar-refractivity contribution in [2.45, 2.75) is 39.2 Å². The number of amides is 2. The van der Waals surface area contributed by atoms with Crippen molar-refractivity contribution in [3.63, 3.8) is 0 Å². The van der Waals surface area contributed by atoms with E-state index in [1.807, 2.05) is 0 Å². The van der Waals surface area contributed by atoms with Crippen LogP contribution in [0, 0.1) is 17.7 Å². The minimum Gasteiger partial charge on any atom is -0.444 e. The van der Waals surface area contributed by atoms with Crippen LogP contribution in [-0.2, 0) is 9.53 Å². The number of hydrogen-bond acceptors (Lipinski definition) is 7. The van der Waals surface area contributed by atoms with Crippen molar-refractivity contribution in [1.29, 1.82) is 0 Å². The summed E-state index contributed by atoms with van der Waals surface area (Å²) in [5.41, 5.74) is 0.690. The van der Waals surface area contributed by atoms with Gasteiger partial charge in [0.05, 0.1) is 11.8 Å². The van der Waals surface area contributed by atoms with Crippen LogP contribution in [0.25, 0.3) is 0 Å². The molecule has 182 valence electrons. The van der Waals surface area contributed by atoms with E-state index in [1.165, 1.54) is 24.1 Å². The van der Waals surface area contributed by atoms with Crippen LogP contribution in [-0.4, -0.2) is 59.7 Å². The summed E-state index contributed by atoms with van der Waals surface area (Å²) in [5.74, 6) is 6.40. The Hall–Kier alpha value is -3.87. The molecule has 0 aliphatic carbocycles. The van der Waals surface area contributed by atoms with E-state index in [-0.39, 0.29) is 18.3 Å². The number of ether oxygens (including phenoxy) is 1. The lowest BCUT2D eigenvalue weighted by Crippen LogP contribution is -2.41. The third-order valence-corrected chi connectivity index (χ3v) is 4.24. The first-order valence-electron chi connectivity index (χ1n) is 10.8. The molecule has 2 rings (SSSR count).